The van der Waals surface area contributed by atoms with Crippen molar-refractivity contribution < 1.29 is 29.0 Å². The minimum Gasteiger partial charge on any atom is -0.480 e. The monoisotopic (exact) mass is 532 g/mol. The molecule has 1 fully saturated rings. The SMILES string of the molecule is CC(C)CC(NC[C@H](NC(=O)OCC1c2ccccc2-c2ccccc21)C(=O)O)=C1C(=O)CC(C)(C)CC1=O. The van der Waals surface area contributed by atoms with Crippen LogP contribution in [0.3, 0.4) is 0 Å². The van der Waals surface area contributed by atoms with Gasteiger partial charge in [-0.25, -0.2) is 9.59 Å². The maximum absolute atomic E-state index is 12.9. The summed E-state index contributed by atoms with van der Waals surface area (Å²) in [6, 6.07) is 14.6. The first-order valence-corrected chi connectivity index (χ1v) is 13.3. The lowest BCUT2D eigenvalue weighted by molar-refractivity contribution is -0.139. The van der Waals surface area contributed by atoms with Crippen LogP contribution in [-0.2, 0) is 19.1 Å². The van der Waals surface area contributed by atoms with Gasteiger partial charge in [-0.2, -0.15) is 0 Å². The molecule has 206 valence electrons. The molecule has 3 N–H and O–H groups in total. The van der Waals surface area contributed by atoms with E-state index in [4.69, 9.17) is 4.74 Å². The summed E-state index contributed by atoms with van der Waals surface area (Å²) < 4.78 is 5.50. The molecule has 0 aliphatic heterocycles. The van der Waals surface area contributed by atoms with Crippen molar-refractivity contribution in [2.75, 3.05) is 13.2 Å². The van der Waals surface area contributed by atoms with Gasteiger partial charge in [-0.1, -0.05) is 76.2 Å². The molecule has 39 heavy (non-hydrogen) atoms. The number of aliphatic carboxylic acids is 1. The summed E-state index contributed by atoms with van der Waals surface area (Å²) in [5, 5.41) is 15.2. The average Bonchev–Trinajstić information content (AvgIpc) is 3.17. The third-order valence-corrected chi connectivity index (χ3v) is 7.20. The Hall–Kier alpha value is -3.94. The van der Waals surface area contributed by atoms with Crippen LogP contribution in [0.25, 0.3) is 11.1 Å². The summed E-state index contributed by atoms with van der Waals surface area (Å²) in [5.41, 5.74) is 4.43. The highest BCUT2D eigenvalue weighted by Gasteiger charge is 2.38. The van der Waals surface area contributed by atoms with Crippen LogP contribution < -0.4 is 10.6 Å². The van der Waals surface area contributed by atoms with Gasteiger partial charge in [0.15, 0.2) is 11.6 Å². The van der Waals surface area contributed by atoms with Crippen LogP contribution >= 0.6 is 0 Å². The maximum atomic E-state index is 12.9. The van der Waals surface area contributed by atoms with Gasteiger partial charge in [0.25, 0.3) is 0 Å². The van der Waals surface area contributed by atoms with Crippen molar-refractivity contribution in [2.24, 2.45) is 11.3 Å². The molecule has 4 rings (SSSR count). The number of benzene rings is 2. The molecule has 2 aromatic carbocycles. The lowest BCUT2D eigenvalue weighted by atomic mass is 9.73. The molecule has 0 radical (unpaired) electrons. The number of allylic oxidation sites excluding steroid dienone is 2. The molecule has 2 aliphatic carbocycles. The summed E-state index contributed by atoms with van der Waals surface area (Å²) in [6.07, 6.45) is 0.0515. The van der Waals surface area contributed by atoms with Gasteiger partial charge in [0.1, 0.15) is 12.6 Å². The summed E-state index contributed by atoms with van der Waals surface area (Å²) in [5.74, 6) is -1.77. The Kier molecular flexibility index (Phi) is 8.23. The molecule has 0 saturated heterocycles. The summed E-state index contributed by atoms with van der Waals surface area (Å²) >= 11 is 0. The summed E-state index contributed by atoms with van der Waals surface area (Å²) in [7, 11) is 0. The van der Waals surface area contributed by atoms with E-state index in [9.17, 15) is 24.3 Å². The van der Waals surface area contributed by atoms with Gasteiger partial charge in [-0.05, 0) is 40.0 Å². The molecule has 0 heterocycles. The van der Waals surface area contributed by atoms with E-state index >= 15 is 0 Å². The van der Waals surface area contributed by atoms with Crippen LogP contribution in [0.1, 0.15) is 64.0 Å². The first-order valence-electron chi connectivity index (χ1n) is 13.3. The Morgan fingerprint density at radius 1 is 0.974 bits per heavy atom. The summed E-state index contributed by atoms with van der Waals surface area (Å²) in [6.45, 7) is 7.53. The quantitative estimate of drug-likeness (QED) is 0.312. The van der Waals surface area contributed by atoms with Crippen LogP contribution in [0, 0.1) is 11.3 Å². The highest BCUT2D eigenvalue weighted by Crippen LogP contribution is 2.44. The van der Waals surface area contributed by atoms with Gasteiger partial charge < -0.3 is 20.5 Å². The zero-order valence-electron chi connectivity index (χ0n) is 22.9. The van der Waals surface area contributed by atoms with Gasteiger partial charge in [-0.15, -0.1) is 0 Å². The molecular formula is C31H36N2O6. The van der Waals surface area contributed by atoms with E-state index < -0.39 is 23.5 Å². The molecule has 8 heteroatoms. The molecule has 1 atom stereocenters. The Balaban J connectivity index is 1.43. The molecule has 8 nitrogen and oxygen atoms in total. The number of carbonyl (C=O) groups is 4. The van der Waals surface area contributed by atoms with Gasteiger partial charge in [-0.3, -0.25) is 9.59 Å². The number of Topliss-reactive ketones (excluding diaryl/α,β-unsaturated/α-hetero) is 2. The van der Waals surface area contributed by atoms with E-state index in [0.29, 0.717) is 12.1 Å². The van der Waals surface area contributed by atoms with E-state index in [0.717, 1.165) is 22.3 Å². The number of carboxylic acid groups (broad SMARTS) is 1. The second-order valence-electron chi connectivity index (χ2n) is 11.6. The Morgan fingerprint density at radius 3 is 2.03 bits per heavy atom. The highest BCUT2D eigenvalue weighted by atomic mass is 16.5. The standard InChI is InChI=1S/C31H36N2O6/c1-18(2)13-24(28-26(34)14-31(3,4)15-27(28)35)32-16-25(29(36)37)33-30(38)39-17-23-21-11-7-5-9-19(21)20-10-6-8-12-22(20)23/h5-12,18,23,25,32H,13-17H2,1-4H3,(H,33,38)(H,36,37)/t25-/m0/s1. The van der Waals surface area contributed by atoms with Crippen molar-refractivity contribution >= 4 is 23.6 Å². The minimum atomic E-state index is -1.33. The Labute approximate surface area is 228 Å². The molecule has 0 spiro atoms. The Bertz CT molecular complexity index is 1260. The van der Waals surface area contributed by atoms with Crippen molar-refractivity contribution in [2.45, 2.75) is 58.9 Å². The largest absolute Gasteiger partial charge is 0.480 e. The zero-order valence-corrected chi connectivity index (χ0v) is 22.9. The molecule has 1 amide bonds. The molecule has 0 unspecified atom stereocenters. The number of amides is 1. The lowest BCUT2D eigenvalue weighted by Crippen LogP contribution is -2.48. The number of fused-ring (bicyclic) bond motifs is 3. The van der Waals surface area contributed by atoms with Crippen LogP contribution in [0.5, 0.6) is 0 Å². The number of hydrogen-bond acceptors (Lipinski definition) is 6. The number of hydrogen-bond donors (Lipinski definition) is 3. The molecule has 0 aromatic heterocycles. The van der Waals surface area contributed by atoms with Gasteiger partial charge in [0.2, 0.25) is 0 Å². The number of carboxylic acids is 1. The van der Waals surface area contributed by atoms with Crippen LogP contribution in [0.2, 0.25) is 0 Å². The van der Waals surface area contributed by atoms with Crippen LogP contribution in [0.15, 0.2) is 59.8 Å². The fourth-order valence-corrected chi connectivity index (χ4v) is 5.48. The smallest absolute Gasteiger partial charge is 0.407 e. The van der Waals surface area contributed by atoms with Crippen LogP contribution in [-0.4, -0.2) is 47.9 Å². The normalized spacial score (nSPS) is 16.9. The summed E-state index contributed by atoms with van der Waals surface area (Å²) in [4.78, 5) is 50.4. The topological polar surface area (TPSA) is 122 Å². The molecule has 2 aromatic rings. The number of ether oxygens (including phenoxy) is 1. The molecule has 0 bridgehead atoms. The molecule has 1 saturated carbocycles. The first-order chi connectivity index (χ1) is 18.5. The lowest BCUT2D eigenvalue weighted by Gasteiger charge is -2.30. The third-order valence-electron chi connectivity index (χ3n) is 7.20. The fourth-order valence-electron chi connectivity index (χ4n) is 5.48. The molecule has 2 aliphatic rings. The van der Waals surface area contributed by atoms with Crippen molar-refractivity contribution in [1.29, 1.82) is 0 Å². The minimum absolute atomic E-state index is 0.0566. The maximum Gasteiger partial charge on any atom is 0.407 e. The predicted molar refractivity (Wildman–Crippen MR) is 147 cm³/mol. The number of nitrogens with one attached hydrogen (secondary N) is 2. The van der Waals surface area contributed by atoms with Crippen molar-refractivity contribution in [3.05, 3.63) is 70.9 Å². The van der Waals surface area contributed by atoms with E-state index in [-0.39, 0.29) is 55.0 Å². The Morgan fingerprint density at radius 2 is 1.51 bits per heavy atom. The first kappa shape index (κ1) is 28.1. The van der Waals surface area contributed by atoms with Gasteiger partial charge in [0, 0.05) is 31.0 Å². The highest BCUT2D eigenvalue weighted by molar-refractivity contribution is 6.22. The predicted octanol–water partition coefficient (Wildman–Crippen LogP) is 4.83. The van der Waals surface area contributed by atoms with Crippen LogP contribution in [0.4, 0.5) is 4.79 Å². The average molecular weight is 533 g/mol. The second kappa shape index (κ2) is 11.4. The van der Waals surface area contributed by atoms with E-state index in [1.807, 2.05) is 76.2 Å². The zero-order chi connectivity index (χ0) is 28.3. The van der Waals surface area contributed by atoms with Gasteiger partial charge in [0.05, 0.1) is 5.57 Å². The fraction of sp³-hybridized carbons (Fsp3) is 0.419. The molecular weight excluding hydrogens is 496 g/mol. The number of ketones is 2. The van der Waals surface area contributed by atoms with Crippen molar-refractivity contribution in [3.63, 3.8) is 0 Å². The van der Waals surface area contributed by atoms with Gasteiger partial charge >= 0.3 is 12.1 Å². The van der Waals surface area contributed by atoms with Crippen molar-refractivity contribution in [3.8, 4) is 11.1 Å². The van der Waals surface area contributed by atoms with E-state index in [1.54, 1.807) is 0 Å². The third kappa shape index (κ3) is 6.38. The van der Waals surface area contributed by atoms with E-state index in [2.05, 4.69) is 10.6 Å². The van der Waals surface area contributed by atoms with E-state index in [1.165, 1.54) is 0 Å². The number of alkyl carbamates (subject to hydrolysis) is 1. The van der Waals surface area contributed by atoms with Crippen molar-refractivity contribution in [1.82, 2.24) is 10.6 Å². The number of rotatable bonds is 9. The number of carbonyl (C=O) groups excluding carboxylic acids is 3. The second-order valence-corrected chi connectivity index (χ2v) is 11.6.